The summed E-state index contributed by atoms with van der Waals surface area (Å²) in [6.07, 6.45) is 2.07. The molecule has 1 atom stereocenters. The second-order valence-electron chi connectivity index (χ2n) is 5.20. The van der Waals surface area contributed by atoms with Crippen molar-refractivity contribution >= 4 is 34.2 Å². The molecule has 0 aliphatic carbocycles. The lowest BCUT2D eigenvalue weighted by Crippen LogP contribution is -2.42. The predicted octanol–water partition coefficient (Wildman–Crippen LogP) is 4.27. The molecule has 0 radical (unpaired) electrons. The minimum Gasteiger partial charge on any atom is -0.305 e. The molecule has 1 heterocycles. The van der Waals surface area contributed by atoms with Crippen LogP contribution in [-0.4, -0.2) is 11.9 Å². The Balaban J connectivity index is 2.00. The molecule has 0 fully saturated rings. The van der Waals surface area contributed by atoms with E-state index in [0.717, 1.165) is 27.7 Å². The van der Waals surface area contributed by atoms with E-state index in [0.29, 0.717) is 0 Å². The van der Waals surface area contributed by atoms with Gasteiger partial charge in [0.15, 0.2) is 0 Å². The highest BCUT2D eigenvalue weighted by Crippen LogP contribution is 2.31. The standard InChI is InChI=1S/C17H16INO/c1-12-6-7-13-4-2-3-5-16(13)19(12)17(20)14-8-10-15(18)11-9-14/h2-5,8-12H,6-7H2,1H3. The lowest BCUT2D eigenvalue weighted by Gasteiger charge is -2.35. The van der Waals surface area contributed by atoms with Crippen LogP contribution < -0.4 is 4.90 Å². The molecular weight excluding hydrogens is 361 g/mol. The average molecular weight is 377 g/mol. The number of carbonyl (C=O) groups excluding carboxylic acids is 1. The molecule has 0 spiro atoms. The Kier molecular flexibility index (Phi) is 3.78. The largest absolute Gasteiger partial charge is 0.305 e. The Hall–Kier alpha value is -1.36. The molecule has 0 aromatic heterocycles. The molecule has 0 N–H and O–H groups in total. The van der Waals surface area contributed by atoms with Gasteiger partial charge in [0, 0.05) is 20.9 Å². The number of para-hydroxylation sites is 1. The summed E-state index contributed by atoms with van der Waals surface area (Å²) in [6.45, 7) is 2.13. The molecular formula is C17H16INO. The van der Waals surface area contributed by atoms with Gasteiger partial charge >= 0.3 is 0 Å². The third-order valence-electron chi connectivity index (χ3n) is 3.83. The maximum atomic E-state index is 12.8. The minimum absolute atomic E-state index is 0.0982. The highest BCUT2D eigenvalue weighted by atomic mass is 127. The van der Waals surface area contributed by atoms with Crippen LogP contribution in [0.4, 0.5) is 5.69 Å². The first kappa shape index (κ1) is 13.6. The molecule has 3 rings (SSSR count). The summed E-state index contributed by atoms with van der Waals surface area (Å²) in [7, 11) is 0. The first-order valence-corrected chi connectivity index (χ1v) is 7.92. The fraction of sp³-hybridized carbons (Fsp3) is 0.235. The van der Waals surface area contributed by atoms with E-state index in [-0.39, 0.29) is 11.9 Å². The minimum atomic E-state index is 0.0982. The van der Waals surface area contributed by atoms with Crippen LogP contribution in [0.3, 0.4) is 0 Å². The SMILES string of the molecule is CC1CCc2ccccc2N1C(=O)c1ccc(I)cc1. The highest BCUT2D eigenvalue weighted by Gasteiger charge is 2.28. The number of carbonyl (C=O) groups is 1. The summed E-state index contributed by atoms with van der Waals surface area (Å²) in [5.41, 5.74) is 3.09. The van der Waals surface area contributed by atoms with Crippen LogP contribution in [0.25, 0.3) is 0 Å². The van der Waals surface area contributed by atoms with Gasteiger partial charge in [0.1, 0.15) is 0 Å². The normalized spacial score (nSPS) is 17.7. The lowest BCUT2D eigenvalue weighted by atomic mass is 9.96. The van der Waals surface area contributed by atoms with Crippen LogP contribution in [-0.2, 0) is 6.42 Å². The molecule has 2 aromatic rings. The zero-order valence-corrected chi connectivity index (χ0v) is 13.5. The van der Waals surface area contributed by atoms with Gasteiger partial charge < -0.3 is 4.90 Å². The Morgan fingerprint density at radius 2 is 1.85 bits per heavy atom. The van der Waals surface area contributed by atoms with Crippen molar-refractivity contribution in [2.45, 2.75) is 25.8 Å². The molecule has 2 nitrogen and oxygen atoms in total. The van der Waals surface area contributed by atoms with Crippen molar-refractivity contribution in [2.24, 2.45) is 0 Å². The zero-order valence-electron chi connectivity index (χ0n) is 11.3. The number of nitrogens with zero attached hydrogens (tertiary/aromatic N) is 1. The second kappa shape index (κ2) is 5.56. The van der Waals surface area contributed by atoms with Gasteiger partial charge in [-0.1, -0.05) is 18.2 Å². The molecule has 20 heavy (non-hydrogen) atoms. The van der Waals surface area contributed by atoms with Crippen molar-refractivity contribution < 1.29 is 4.79 Å². The van der Waals surface area contributed by atoms with Crippen LogP contribution in [0.5, 0.6) is 0 Å². The molecule has 0 saturated carbocycles. The van der Waals surface area contributed by atoms with Crippen molar-refractivity contribution in [1.29, 1.82) is 0 Å². The summed E-state index contributed by atoms with van der Waals surface area (Å²) in [5.74, 6) is 0.0982. The summed E-state index contributed by atoms with van der Waals surface area (Å²) in [5, 5.41) is 0. The Bertz CT molecular complexity index is 636. The highest BCUT2D eigenvalue weighted by molar-refractivity contribution is 14.1. The summed E-state index contributed by atoms with van der Waals surface area (Å²) in [4.78, 5) is 14.8. The quantitative estimate of drug-likeness (QED) is 0.680. The lowest BCUT2D eigenvalue weighted by molar-refractivity contribution is 0.0975. The third-order valence-corrected chi connectivity index (χ3v) is 4.55. The van der Waals surface area contributed by atoms with Crippen molar-refractivity contribution in [3.63, 3.8) is 0 Å². The van der Waals surface area contributed by atoms with E-state index >= 15 is 0 Å². The maximum Gasteiger partial charge on any atom is 0.258 e. The average Bonchev–Trinajstić information content (AvgIpc) is 2.47. The van der Waals surface area contributed by atoms with Gasteiger partial charge in [0.2, 0.25) is 0 Å². The number of fused-ring (bicyclic) bond motifs is 1. The smallest absolute Gasteiger partial charge is 0.258 e. The van der Waals surface area contributed by atoms with E-state index in [4.69, 9.17) is 0 Å². The van der Waals surface area contributed by atoms with Crippen LogP contribution in [0.2, 0.25) is 0 Å². The van der Waals surface area contributed by atoms with Gasteiger partial charge in [-0.2, -0.15) is 0 Å². The summed E-state index contributed by atoms with van der Waals surface area (Å²) < 4.78 is 1.14. The summed E-state index contributed by atoms with van der Waals surface area (Å²) in [6, 6.07) is 16.3. The van der Waals surface area contributed by atoms with Gasteiger partial charge in [-0.25, -0.2) is 0 Å². The van der Waals surface area contributed by atoms with Gasteiger partial charge in [-0.3, -0.25) is 4.79 Å². The van der Waals surface area contributed by atoms with Crippen molar-refractivity contribution in [1.82, 2.24) is 0 Å². The summed E-state index contributed by atoms with van der Waals surface area (Å²) >= 11 is 2.25. The van der Waals surface area contributed by atoms with E-state index in [1.807, 2.05) is 41.3 Å². The second-order valence-corrected chi connectivity index (χ2v) is 6.44. The van der Waals surface area contributed by atoms with Gasteiger partial charge in [0.05, 0.1) is 0 Å². The Labute approximate surface area is 132 Å². The fourth-order valence-electron chi connectivity index (χ4n) is 2.73. The van der Waals surface area contributed by atoms with Crippen molar-refractivity contribution in [2.75, 3.05) is 4.90 Å². The van der Waals surface area contributed by atoms with E-state index in [1.165, 1.54) is 5.56 Å². The fourth-order valence-corrected chi connectivity index (χ4v) is 3.09. The van der Waals surface area contributed by atoms with Gasteiger partial charge in [-0.15, -0.1) is 0 Å². The van der Waals surface area contributed by atoms with E-state index < -0.39 is 0 Å². The third kappa shape index (κ3) is 2.46. The number of anilines is 1. The molecule has 3 heteroatoms. The van der Waals surface area contributed by atoms with E-state index in [9.17, 15) is 4.79 Å². The molecule has 0 bridgehead atoms. The molecule has 2 aromatic carbocycles. The molecule has 102 valence electrons. The number of amides is 1. The number of hydrogen-bond acceptors (Lipinski definition) is 1. The number of rotatable bonds is 1. The zero-order chi connectivity index (χ0) is 14.1. The Morgan fingerprint density at radius 3 is 2.60 bits per heavy atom. The molecule has 1 amide bonds. The van der Waals surface area contributed by atoms with Crippen LogP contribution in [0, 0.1) is 3.57 Å². The molecule has 0 saturated heterocycles. The predicted molar refractivity (Wildman–Crippen MR) is 90.2 cm³/mol. The molecule has 1 aliphatic heterocycles. The van der Waals surface area contributed by atoms with Crippen LogP contribution >= 0.6 is 22.6 Å². The molecule has 1 unspecified atom stereocenters. The molecule has 1 aliphatic rings. The van der Waals surface area contributed by atoms with Crippen LogP contribution in [0.15, 0.2) is 48.5 Å². The van der Waals surface area contributed by atoms with Gasteiger partial charge in [-0.05, 0) is 78.3 Å². The van der Waals surface area contributed by atoms with Gasteiger partial charge in [0.25, 0.3) is 5.91 Å². The first-order valence-electron chi connectivity index (χ1n) is 6.84. The number of aryl methyl sites for hydroxylation is 1. The van der Waals surface area contributed by atoms with E-state index in [1.54, 1.807) is 0 Å². The van der Waals surface area contributed by atoms with E-state index in [2.05, 4.69) is 41.6 Å². The monoisotopic (exact) mass is 377 g/mol. The number of benzene rings is 2. The van der Waals surface area contributed by atoms with Crippen LogP contribution in [0.1, 0.15) is 29.3 Å². The first-order chi connectivity index (χ1) is 9.66. The Morgan fingerprint density at radius 1 is 1.15 bits per heavy atom. The van der Waals surface area contributed by atoms with Crippen molar-refractivity contribution in [3.8, 4) is 0 Å². The van der Waals surface area contributed by atoms with Crippen molar-refractivity contribution in [3.05, 3.63) is 63.2 Å². The maximum absolute atomic E-state index is 12.8. The number of hydrogen-bond donors (Lipinski definition) is 0. The topological polar surface area (TPSA) is 20.3 Å². The number of halogens is 1.